The predicted molar refractivity (Wildman–Crippen MR) is 196 cm³/mol. The summed E-state index contributed by atoms with van der Waals surface area (Å²) < 4.78 is 15.5. The zero-order chi connectivity index (χ0) is 34.8. The molecule has 0 aliphatic carbocycles. The van der Waals surface area contributed by atoms with E-state index in [-0.39, 0.29) is 42.5 Å². The molecule has 1 aromatic rings. The standard InChI is InChI=1S/C27H38N6O8S6/c1-40-25(37)20(14-45-32-19(13-43)27(39)44)29-24(36)22-10-18(30-33(22)9-8-16-6-4-3-5-7-16)23(35)28-21(26(38)41-2)15-46-47-31-17(11-34)12-42/h3-7,12,17,19-22,31-32,34,43H,8-11,13-15H2,1-2H3,(H,28,35)(H,29,36)(H,39,44)/t17-,19+,20?,21?,22?/m1/s1. The number of ether oxygens (including phenoxy) is 2. The maximum atomic E-state index is 13.6. The van der Waals surface area contributed by atoms with Crippen molar-refractivity contribution in [3.63, 3.8) is 0 Å². The minimum absolute atomic E-state index is 0.0125. The van der Waals surface area contributed by atoms with E-state index in [0.29, 0.717) is 6.42 Å². The topological polar surface area (TPSA) is 188 Å². The van der Waals surface area contributed by atoms with E-state index in [1.165, 1.54) is 35.4 Å². The highest BCUT2D eigenvalue weighted by molar-refractivity contribution is 8.76. The maximum Gasteiger partial charge on any atom is 0.329 e. The second-order valence-corrected chi connectivity index (χ2v) is 13.8. The molecule has 20 heteroatoms. The van der Waals surface area contributed by atoms with E-state index in [2.05, 4.69) is 50.4 Å². The molecule has 1 heterocycles. The van der Waals surface area contributed by atoms with Gasteiger partial charge in [-0.05, 0) is 28.3 Å². The van der Waals surface area contributed by atoms with E-state index in [0.717, 1.165) is 28.5 Å². The van der Waals surface area contributed by atoms with E-state index >= 15 is 0 Å². The van der Waals surface area contributed by atoms with Crippen LogP contribution in [0.3, 0.4) is 0 Å². The molecule has 1 aliphatic heterocycles. The Kier molecular flexibility index (Phi) is 19.7. The summed E-state index contributed by atoms with van der Waals surface area (Å²) in [6.07, 6.45) is 0.403. The number of methoxy groups -OCH3 is 2. The number of benzene rings is 1. The number of carbonyl (C=O) groups is 5. The number of hydrogen-bond acceptors (Lipinski definition) is 17. The average Bonchev–Trinajstić information content (AvgIpc) is 3.52. The van der Waals surface area contributed by atoms with E-state index in [1.807, 2.05) is 30.3 Å². The Morgan fingerprint density at radius 2 is 1.72 bits per heavy atom. The predicted octanol–water partition coefficient (Wildman–Crippen LogP) is 0.214. The van der Waals surface area contributed by atoms with Crippen LogP contribution in [0.25, 0.3) is 0 Å². The molecule has 0 radical (unpaired) electrons. The molecule has 0 saturated carbocycles. The molecule has 47 heavy (non-hydrogen) atoms. The smallest absolute Gasteiger partial charge is 0.329 e. The number of carbonyl (C=O) groups excluding carboxylic acids is 5. The number of nitrogens with zero attached hydrogens (tertiary/aromatic N) is 2. The van der Waals surface area contributed by atoms with Gasteiger partial charge in [0.15, 0.2) is 0 Å². The molecule has 260 valence electrons. The molecular formula is C27H38N6O8S6. The van der Waals surface area contributed by atoms with Gasteiger partial charge in [0.25, 0.3) is 5.91 Å². The summed E-state index contributed by atoms with van der Waals surface area (Å²) in [6.45, 7) is 0.0729. The first kappa shape index (κ1) is 41.1. The minimum Gasteiger partial charge on any atom is -0.467 e. The van der Waals surface area contributed by atoms with E-state index in [4.69, 9.17) is 21.7 Å². The van der Waals surface area contributed by atoms with Crippen LogP contribution >= 0.6 is 71.2 Å². The van der Waals surface area contributed by atoms with Crippen molar-refractivity contribution >= 4 is 111 Å². The summed E-state index contributed by atoms with van der Waals surface area (Å²) in [5, 5.41) is 21.4. The first-order valence-electron chi connectivity index (χ1n) is 14.0. The Balaban J connectivity index is 2.17. The van der Waals surface area contributed by atoms with Gasteiger partial charge in [-0.2, -0.15) is 17.7 Å². The third-order valence-electron chi connectivity index (χ3n) is 6.44. The Morgan fingerprint density at radius 3 is 2.30 bits per heavy atom. The Bertz CT molecular complexity index is 1250. The van der Waals surface area contributed by atoms with Gasteiger partial charge in [0, 0.05) is 30.2 Å². The number of hydrazone groups is 1. The number of aliphatic hydroxyl groups excluding tert-OH is 1. The fourth-order valence-corrected chi connectivity index (χ4v) is 7.68. The summed E-state index contributed by atoms with van der Waals surface area (Å²) in [4.78, 5) is 63.5. The van der Waals surface area contributed by atoms with Crippen LogP contribution < -0.4 is 20.1 Å². The van der Waals surface area contributed by atoms with Crippen LogP contribution in [0.15, 0.2) is 35.4 Å². The molecule has 0 aromatic heterocycles. The van der Waals surface area contributed by atoms with Crippen LogP contribution in [0.1, 0.15) is 12.0 Å². The Morgan fingerprint density at radius 1 is 1.06 bits per heavy atom. The normalized spacial score (nSPS) is 16.7. The lowest BCUT2D eigenvalue weighted by Crippen LogP contribution is -2.51. The summed E-state index contributed by atoms with van der Waals surface area (Å²) >= 11 is 13.8. The number of thiol groups is 2. The second kappa shape index (κ2) is 22.6. The third-order valence-corrected chi connectivity index (χ3v) is 10.4. The molecule has 5 N–H and O–H groups in total. The number of nitrogens with one attached hydrogen (secondary N) is 4. The Labute approximate surface area is 301 Å². The van der Waals surface area contributed by atoms with Crippen LogP contribution in [-0.4, -0.2) is 125 Å². The number of hydrogen-bond donors (Lipinski definition) is 7. The third kappa shape index (κ3) is 14.1. The number of thiocarbonyl (C=S) groups is 1. The van der Waals surface area contributed by atoms with Gasteiger partial charge in [-0.15, -0.1) is 12.6 Å². The zero-order valence-corrected chi connectivity index (χ0v) is 30.6. The largest absolute Gasteiger partial charge is 0.467 e. The van der Waals surface area contributed by atoms with Crippen LogP contribution in [-0.2, 0) is 39.9 Å². The second-order valence-electron chi connectivity index (χ2n) is 9.71. The van der Waals surface area contributed by atoms with Crippen LogP contribution in [0, 0.1) is 0 Å². The van der Waals surface area contributed by atoms with E-state index in [9.17, 15) is 29.1 Å². The molecule has 1 aromatic carbocycles. The molecule has 5 atom stereocenters. The molecule has 0 bridgehead atoms. The lowest BCUT2D eigenvalue weighted by Gasteiger charge is -2.25. The van der Waals surface area contributed by atoms with Crippen LogP contribution in [0.5, 0.6) is 0 Å². The number of amides is 2. The number of rotatable bonds is 22. The maximum absolute atomic E-state index is 13.6. The average molecular weight is 767 g/mol. The van der Waals surface area contributed by atoms with Gasteiger partial charge >= 0.3 is 11.9 Å². The zero-order valence-electron chi connectivity index (χ0n) is 25.5. The summed E-state index contributed by atoms with van der Waals surface area (Å²) in [5.41, 5.74) is 0.997. The fraction of sp³-hybridized carbons (Fsp3) is 0.519. The quantitative estimate of drug-likeness (QED) is 0.0212. The van der Waals surface area contributed by atoms with E-state index in [1.54, 1.807) is 0 Å². The van der Waals surface area contributed by atoms with Crippen molar-refractivity contribution in [1.82, 2.24) is 25.1 Å². The molecule has 1 aliphatic rings. The van der Waals surface area contributed by atoms with Crippen LogP contribution in [0.2, 0.25) is 0 Å². The summed E-state index contributed by atoms with van der Waals surface area (Å²) in [5.74, 6) is -2.32. The minimum atomic E-state index is -1.09. The molecule has 2 amide bonds. The monoisotopic (exact) mass is 766 g/mol. The SMILES string of the molecule is COC(=O)C(CSSN[C@@H](C=S)CO)NC(=O)C1=NN(CCc2ccccc2)C(C(=O)NC(CSN[C@@H](CS)C(=O)S)C(=O)OC)C1. The van der Waals surface area contributed by atoms with Gasteiger partial charge in [0.05, 0.1) is 32.9 Å². The van der Waals surface area contributed by atoms with Gasteiger partial charge in [0.2, 0.25) is 11.0 Å². The molecule has 0 fully saturated rings. The number of esters is 2. The fourth-order valence-electron chi connectivity index (χ4n) is 3.85. The first-order chi connectivity index (χ1) is 22.6. The van der Waals surface area contributed by atoms with Gasteiger partial charge in [0.1, 0.15) is 23.8 Å². The highest BCUT2D eigenvalue weighted by Crippen LogP contribution is 2.21. The highest BCUT2D eigenvalue weighted by atomic mass is 33.1. The van der Waals surface area contributed by atoms with Crippen molar-refractivity contribution in [2.45, 2.75) is 43.1 Å². The molecule has 14 nitrogen and oxygen atoms in total. The van der Waals surface area contributed by atoms with Gasteiger partial charge < -0.3 is 25.2 Å². The molecule has 0 spiro atoms. The van der Waals surface area contributed by atoms with Crippen LogP contribution in [0.4, 0.5) is 0 Å². The van der Waals surface area contributed by atoms with Crippen molar-refractivity contribution in [3.8, 4) is 0 Å². The molecule has 3 unspecified atom stereocenters. The summed E-state index contributed by atoms with van der Waals surface area (Å²) in [7, 11) is 4.74. The molecule has 0 saturated heterocycles. The van der Waals surface area contributed by atoms with Gasteiger partial charge in [-0.3, -0.25) is 24.1 Å². The van der Waals surface area contributed by atoms with Crippen molar-refractivity contribution in [3.05, 3.63) is 35.9 Å². The van der Waals surface area contributed by atoms with E-state index < -0.39 is 59.1 Å². The molecule has 2 rings (SSSR count). The number of aliphatic hydroxyl groups is 1. The highest BCUT2D eigenvalue weighted by Gasteiger charge is 2.38. The van der Waals surface area contributed by atoms with Crippen molar-refractivity contribution in [1.29, 1.82) is 0 Å². The molecular weight excluding hydrogens is 729 g/mol. The first-order valence-corrected chi connectivity index (χ1v) is 18.9. The lowest BCUT2D eigenvalue weighted by molar-refractivity contribution is -0.145. The van der Waals surface area contributed by atoms with Crippen molar-refractivity contribution in [2.75, 3.05) is 44.6 Å². The lowest BCUT2D eigenvalue weighted by atomic mass is 10.1. The van der Waals surface area contributed by atoms with Gasteiger partial charge in [-0.1, -0.05) is 65.3 Å². The van der Waals surface area contributed by atoms with Crippen molar-refractivity contribution < 1.29 is 38.6 Å². The summed E-state index contributed by atoms with van der Waals surface area (Å²) in [6, 6.07) is 5.31. The van der Waals surface area contributed by atoms with Crippen molar-refractivity contribution in [2.24, 2.45) is 5.10 Å². The Hall–Kier alpha value is -2.04. The van der Waals surface area contributed by atoms with Gasteiger partial charge in [-0.25, -0.2) is 14.3 Å².